The van der Waals surface area contributed by atoms with Crippen molar-refractivity contribution in [2.45, 2.75) is 58.3 Å². The predicted octanol–water partition coefficient (Wildman–Crippen LogP) is 6.16. The first kappa shape index (κ1) is 25.2. The fraction of sp³-hybridized carbons (Fsp3) is 0.333. The summed E-state index contributed by atoms with van der Waals surface area (Å²) in [5, 5.41) is 0. The maximum atomic E-state index is 13.5. The standard InChI is InChI=1S/C30H34N2O4Si/c1-21-9-5-6-10-23(21)18-27-24-11-7-8-12-25(24)29(33)31(27)19-22-13-14-26-28(17-22)36-30(34)32(26)20-35-15-16-37(2,3)4/h5-14,17,27H,15-16,18-20H2,1-4H3. The molecule has 0 N–H and O–H groups in total. The van der Waals surface area contributed by atoms with Gasteiger partial charge in [-0.05, 0) is 59.8 Å². The number of ether oxygens (including phenoxy) is 1. The number of carbonyl (C=O) groups is 1. The zero-order valence-corrected chi connectivity index (χ0v) is 23.0. The van der Waals surface area contributed by atoms with Gasteiger partial charge in [-0.25, -0.2) is 9.36 Å². The predicted molar refractivity (Wildman–Crippen MR) is 149 cm³/mol. The normalized spacial score (nSPS) is 15.5. The number of benzene rings is 3. The van der Waals surface area contributed by atoms with Gasteiger partial charge in [0.2, 0.25) is 0 Å². The Morgan fingerprint density at radius 1 is 0.973 bits per heavy atom. The zero-order chi connectivity index (χ0) is 26.2. The van der Waals surface area contributed by atoms with E-state index in [0.29, 0.717) is 24.3 Å². The molecule has 192 valence electrons. The number of oxazole rings is 1. The minimum Gasteiger partial charge on any atom is -0.408 e. The molecule has 0 fully saturated rings. The molecule has 4 aromatic rings. The lowest BCUT2D eigenvalue weighted by Gasteiger charge is -2.26. The summed E-state index contributed by atoms with van der Waals surface area (Å²) in [6.45, 7) is 10.2. The van der Waals surface area contributed by atoms with Crippen molar-refractivity contribution < 1.29 is 13.9 Å². The quantitative estimate of drug-likeness (QED) is 0.198. The van der Waals surface area contributed by atoms with Gasteiger partial charge in [-0.1, -0.05) is 68.2 Å². The van der Waals surface area contributed by atoms with Crippen molar-refractivity contribution >= 4 is 25.1 Å². The first-order valence-corrected chi connectivity index (χ1v) is 16.6. The van der Waals surface area contributed by atoms with Gasteiger partial charge in [0.05, 0.1) is 11.6 Å². The summed E-state index contributed by atoms with van der Waals surface area (Å²) in [5.74, 6) is -0.397. The molecule has 2 heterocycles. The monoisotopic (exact) mass is 514 g/mol. The minimum atomic E-state index is -1.20. The molecule has 0 bridgehead atoms. The van der Waals surface area contributed by atoms with E-state index in [9.17, 15) is 9.59 Å². The van der Waals surface area contributed by atoms with E-state index in [1.165, 1.54) is 15.7 Å². The molecule has 1 atom stereocenters. The van der Waals surface area contributed by atoms with Crippen LogP contribution in [-0.2, 0) is 24.4 Å². The van der Waals surface area contributed by atoms with Crippen molar-refractivity contribution in [3.05, 3.63) is 105 Å². The van der Waals surface area contributed by atoms with Gasteiger partial charge in [0.1, 0.15) is 6.73 Å². The smallest absolute Gasteiger partial charge is 0.408 e. The average molecular weight is 515 g/mol. The van der Waals surface area contributed by atoms with Crippen LogP contribution < -0.4 is 5.76 Å². The first-order valence-electron chi connectivity index (χ1n) is 12.9. The van der Waals surface area contributed by atoms with Crippen LogP contribution in [0.15, 0.2) is 75.9 Å². The number of aromatic nitrogens is 1. The molecular weight excluding hydrogens is 480 g/mol. The maximum absolute atomic E-state index is 13.5. The van der Waals surface area contributed by atoms with E-state index in [-0.39, 0.29) is 18.7 Å². The molecule has 1 amide bonds. The number of nitrogens with zero attached hydrogens (tertiary/aromatic N) is 2. The molecule has 1 aliphatic rings. The lowest BCUT2D eigenvalue weighted by molar-refractivity contribution is 0.0709. The molecular formula is C30H34N2O4Si. The fourth-order valence-electron chi connectivity index (χ4n) is 4.96. The topological polar surface area (TPSA) is 64.7 Å². The van der Waals surface area contributed by atoms with E-state index in [0.717, 1.165) is 29.2 Å². The van der Waals surface area contributed by atoms with E-state index < -0.39 is 13.8 Å². The number of hydrogen-bond donors (Lipinski definition) is 0. The van der Waals surface area contributed by atoms with Gasteiger partial charge in [-0.3, -0.25) is 4.79 Å². The first-order chi connectivity index (χ1) is 17.7. The number of carbonyl (C=O) groups excluding carboxylic acids is 1. The molecule has 0 aliphatic carbocycles. The maximum Gasteiger partial charge on any atom is 0.421 e. The number of hydrogen-bond acceptors (Lipinski definition) is 4. The van der Waals surface area contributed by atoms with Crippen LogP contribution in [0.2, 0.25) is 25.7 Å². The van der Waals surface area contributed by atoms with E-state index in [1.807, 2.05) is 53.4 Å². The summed E-state index contributed by atoms with van der Waals surface area (Å²) >= 11 is 0. The third-order valence-electron chi connectivity index (χ3n) is 7.16. The van der Waals surface area contributed by atoms with Crippen molar-refractivity contribution in [3.63, 3.8) is 0 Å². The fourth-order valence-corrected chi connectivity index (χ4v) is 5.72. The number of rotatable bonds is 9. The van der Waals surface area contributed by atoms with Crippen molar-refractivity contribution in [1.82, 2.24) is 9.47 Å². The minimum absolute atomic E-state index is 0.0316. The summed E-state index contributed by atoms with van der Waals surface area (Å²) in [6.07, 6.45) is 0.748. The van der Waals surface area contributed by atoms with E-state index in [4.69, 9.17) is 9.15 Å². The van der Waals surface area contributed by atoms with E-state index >= 15 is 0 Å². The van der Waals surface area contributed by atoms with Crippen molar-refractivity contribution in [3.8, 4) is 0 Å². The summed E-state index contributed by atoms with van der Waals surface area (Å²) in [5.41, 5.74) is 6.40. The van der Waals surface area contributed by atoms with Crippen LogP contribution in [0, 0.1) is 6.92 Å². The van der Waals surface area contributed by atoms with Gasteiger partial charge in [-0.15, -0.1) is 0 Å². The largest absolute Gasteiger partial charge is 0.421 e. The highest BCUT2D eigenvalue weighted by atomic mass is 28.3. The zero-order valence-electron chi connectivity index (χ0n) is 22.0. The van der Waals surface area contributed by atoms with Crippen molar-refractivity contribution in [2.75, 3.05) is 6.61 Å². The Hall–Kier alpha value is -3.42. The van der Waals surface area contributed by atoms with E-state index in [2.05, 4.69) is 44.8 Å². The van der Waals surface area contributed by atoms with Gasteiger partial charge < -0.3 is 14.1 Å². The van der Waals surface area contributed by atoms with Crippen LogP contribution in [0.4, 0.5) is 0 Å². The second-order valence-corrected chi connectivity index (χ2v) is 16.7. The summed E-state index contributed by atoms with van der Waals surface area (Å²) in [7, 11) is -1.20. The molecule has 6 nitrogen and oxygen atoms in total. The molecule has 5 rings (SSSR count). The number of amides is 1. The number of aryl methyl sites for hydroxylation is 1. The SMILES string of the molecule is Cc1ccccc1CC1c2ccccc2C(=O)N1Cc1ccc2c(c1)oc(=O)n2COCC[Si](C)(C)C. The Balaban J connectivity index is 1.38. The highest BCUT2D eigenvalue weighted by Crippen LogP contribution is 2.37. The molecule has 1 aliphatic heterocycles. The summed E-state index contributed by atoms with van der Waals surface area (Å²) < 4.78 is 12.9. The molecule has 1 aromatic heterocycles. The van der Waals surface area contributed by atoms with Crippen molar-refractivity contribution in [2.24, 2.45) is 0 Å². The van der Waals surface area contributed by atoms with Crippen LogP contribution in [0.1, 0.15) is 38.7 Å². The van der Waals surface area contributed by atoms with Gasteiger partial charge in [0.25, 0.3) is 5.91 Å². The molecule has 37 heavy (non-hydrogen) atoms. The second-order valence-electron chi connectivity index (χ2n) is 11.1. The Labute approximate surface area is 218 Å². The average Bonchev–Trinajstić information content (AvgIpc) is 3.31. The molecule has 7 heteroatoms. The van der Waals surface area contributed by atoms with Gasteiger partial charge in [0, 0.05) is 26.8 Å². The molecule has 0 saturated carbocycles. The highest BCUT2D eigenvalue weighted by molar-refractivity contribution is 6.76. The lowest BCUT2D eigenvalue weighted by Crippen LogP contribution is -2.29. The lowest BCUT2D eigenvalue weighted by atomic mass is 9.95. The molecule has 3 aromatic carbocycles. The van der Waals surface area contributed by atoms with Crippen LogP contribution >= 0.6 is 0 Å². The molecule has 0 radical (unpaired) electrons. The van der Waals surface area contributed by atoms with Gasteiger partial charge in [-0.2, -0.15) is 0 Å². The molecule has 0 saturated heterocycles. The van der Waals surface area contributed by atoms with Gasteiger partial charge >= 0.3 is 5.76 Å². The third-order valence-corrected chi connectivity index (χ3v) is 8.87. The summed E-state index contributed by atoms with van der Waals surface area (Å²) in [4.78, 5) is 27.9. The van der Waals surface area contributed by atoms with Crippen LogP contribution in [0.5, 0.6) is 0 Å². The highest BCUT2D eigenvalue weighted by Gasteiger charge is 2.36. The number of fused-ring (bicyclic) bond motifs is 2. The Kier molecular flexibility index (Phi) is 6.92. The Morgan fingerprint density at radius 3 is 2.51 bits per heavy atom. The van der Waals surface area contributed by atoms with Gasteiger partial charge in [0.15, 0.2) is 5.58 Å². The summed E-state index contributed by atoms with van der Waals surface area (Å²) in [6, 6.07) is 22.9. The Morgan fingerprint density at radius 2 is 1.73 bits per heavy atom. The second kappa shape index (κ2) is 10.1. The molecule has 0 spiro atoms. The van der Waals surface area contributed by atoms with Crippen LogP contribution in [0.3, 0.4) is 0 Å². The molecule has 1 unspecified atom stereocenters. The third kappa shape index (κ3) is 5.33. The van der Waals surface area contributed by atoms with Crippen LogP contribution in [-0.4, -0.2) is 30.1 Å². The van der Waals surface area contributed by atoms with Crippen molar-refractivity contribution in [1.29, 1.82) is 0 Å². The Bertz CT molecular complexity index is 1500. The van der Waals surface area contributed by atoms with E-state index in [1.54, 1.807) is 0 Å². The van der Waals surface area contributed by atoms with Crippen LogP contribution in [0.25, 0.3) is 11.1 Å².